The third-order valence-corrected chi connectivity index (χ3v) is 4.13. The first-order valence-corrected chi connectivity index (χ1v) is 7.39. The number of thioether (sulfide) groups is 1. The molecule has 0 atom stereocenters. The highest BCUT2D eigenvalue weighted by molar-refractivity contribution is 7.99. The Morgan fingerprint density at radius 2 is 1.94 bits per heavy atom. The van der Waals surface area contributed by atoms with Crippen molar-refractivity contribution in [2.45, 2.75) is 37.5 Å². The summed E-state index contributed by atoms with van der Waals surface area (Å²) in [5.74, 6) is 2.54. The van der Waals surface area contributed by atoms with Crippen LogP contribution >= 0.6 is 24.4 Å². The van der Waals surface area contributed by atoms with Crippen LogP contribution < -0.4 is 0 Å². The summed E-state index contributed by atoms with van der Waals surface area (Å²) in [6.45, 7) is 1.97. The average Bonchev–Trinajstić information content (AvgIpc) is 2.29. The van der Waals surface area contributed by atoms with Crippen LogP contribution in [0.25, 0.3) is 0 Å². The maximum absolute atomic E-state index is 9.55. The van der Waals surface area contributed by atoms with Crippen LogP contribution in [-0.2, 0) is 0 Å². The van der Waals surface area contributed by atoms with E-state index in [4.69, 9.17) is 0 Å². The second-order valence-electron chi connectivity index (χ2n) is 3.89. The normalized spacial score (nSPS) is 10.6. The van der Waals surface area contributed by atoms with Crippen LogP contribution in [0.2, 0.25) is 0 Å². The average molecular weight is 256 g/mol. The number of aromatic hydroxyl groups is 1. The third kappa shape index (κ3) is 4.71. The summed E-state index contributed by atoms with van der Waals surface area (Å²) in [6.07, 6.45) is 5.03. The summed E-state index contributed by atoms with van der Waals surface area (Å²) in [5.41, 5.74) is 1.00. The minimum absolute atomic E-state index is 0.403. The molecule has 1 aromatic carbocycles. The third-order valence-electron chi connectivity index (χ3n) is 2.57. The molecule has 16 heavy (non-hydrogen) atoms. The van der Waals surface area contributed by atoms with Crippen molar-refractivity contribution in [2.24, 2.45) is 0 Å². The number of phenolic OH excluding ortho intramolecular Hbond substituents is 1. The summed E-state index contributed by atoms with van der Waals surface area (Å²) < 4.78 is 0. The van der Waals surface area contributed by atoms with Crippen molar-refractivity contribution in [3.05, 3.63) is 23.8 Å². The number of hydrogen-bond donors (Lipinski definition) is 2. The van der Waals surface area contributed by atoms with Crippen molar-refractivity contribution < 1.29 is 5.11 Å². The molecule has 1 aromatic rings. The van der Waals surface area contributed by atoms with Crippen LogP contribution in [0, 0.1) is 6.92 Å². The quantitative estimate of drug-likeness (QED) is 0.431. The Labute approximate surface area is 108 Å². The molecule has 0 heterocycles. The van der Waals surface area contributed by atoms with E-state index in [1.807, 2.05) is 24.8 Å². The zero-order chi connectivity index (χ0) is 11.8. The van der Waals surface area contributed by atoms with Crippen molar-refractivity contribution in [1.29, 1.82) is 0 Å². The van der Waals surface area contributed by atoms with Gasteiger partial charge in [0.15, 0.2) is 0 Å². The van der Waals surface area contributed by atoms with E-state index < -0.39 is 0 Å². The fraction of sp³-hybridized carbons (Fsp3) is 0.538. The van der Waals surface area contributed by atoms with Gasteiger partial charge < -0.3 is 5.11 Å². The molecule has 1 nitrogen and oxygen atoms in total. The van der Waals surface area contributed by atoms with E-state index in [2.05, 4.69) is 18.7 Å². The Balaban J connectivity index is 2.24. The number of unbranched alkanes of at least 4 members (excludes halogenated alkanes) is 3. The fourth-order valence-electron chi connectivity index (χ4n) is 1.51. The molecule has 0 unspecified atom stereocenters. The first-order chi connectivity index (χ1) is 7.75. The lowest BCUT2D eigenvalue weighted by atomic mass is 10.2. The molecule has 0 fully saturated rings. The minimum atomic E-state index is 0.403. The maximum atomic E-state index is 9.55. The lowest BCUT2D eigenvalue weighted by Gasteiger charge is -2.06. The van der Waals surface area contributed by atoms with E-state index in [1.54, 1.807) is 6.07 Å². The van der Waals surface area contributed by atoms with Gasteiger partial charge in [0.2, 0.25) is 0 Å². The van der Waals surface area contributed by atoms with Gasteiger partial charge >= 0.3 is 0 Å². The summed E-state index contributed by atoms with van der Waals surface area (Å²) >= 11 is 6.03. The largest absolute Gasteiger partial charge is 0.508 e. The summed E-state index contributed by atoms with van der Waals surface area (Å²) in [5, 5.41) is 9.55. The molecule has 1 N–H and O–H groups in total. The highest BCUT2D eigenvalue weighted by atomic mass is 32.2. The highest BCUT2D eigenvalue weighted by Gasteiger charge is 2.02. The molecule has 0 aliphatic carbocycles. The molecule has 0 spiro atoms. The van der Waals surface area contributed by atoms with Gasteiger partial charge in [-0.15, -0.1) is 11.8 Å². The van der Waals surface area contributed by atoms with Crippen LogP contribution in [0.1, 0.15) is 31.2 Å². The second kappa shape index (κ2) is 7.91. The standard InChI is InChI=1S/C13H20OS2/c1-11-12(14)7-6-8-13(11)16-10-5-3-2-4-9-15/h6-8,14-15H,2-5,9-10H2,1H3. The number of rotatable bonds is 7. The van der Waals surface area contributed by atoms with Crippen molar-refractivity contribution in [2.75, 3.05) is 11.5 Å². The SMILES string of the molecule is Cc1c(O)cccc1SCCCCCCS. The molecule has 3 heteroatoms. The van der Waals surface area contributed by atoms with Gasteiger partial charge in [0, 0.05) is 10.5 Å². The predicted molar refractivity (Wildman–Crippen MR) is 75.9 cm³/mol. The van der Waals surface area contributed by atoms with E-state index in [1.165, 1.54) is 30.6 Å². The molecule has 0 amide bonds. The summed E-state index contributed by atoms with van der Waals surface area (Å²) in [4.78, 5) is 1.20. The molecule has 90 valence electrons. The number of phenols is 1. The second-order valence-corrected chi connectivity index (χ2v) is 5.47. The van der Waals surface area contributed by atoms with Gasteiger partial charge in [0.1, 0.15) is 5.75 Å². The van der Waals surface area contributed by atoms with Gasteiger partial charge in [-0.05, 0) is 43.4 Å². The Morgan fingerprint density at radius 1 is 1.19 bits per heavy atom. The molecule has 0 aliphatic rings. The van der Waals surface area contributed by atoms with Gasteiger partial charge in [-0.1, -0.05) is 18.9 Å². The van der Waals surface area contributed by atoms with Crippen LogP contribution in [-0.4, -0.2) is 16.6 Å². The maximum Gasteiger partial charge on any atom is 0.119 e. The Bertz CT molecular complexity index is 313. The van der Waals surface area contributed by atoms with E-state index >= 15 is 0 Å². The van der Waals surface area contributed by atoms with Crippen molar-refractivity contribution >= 4 is 24.4 Å². The fourth-order valence-corrected chi connectivity index (χ4v) is 2.80. The van der Waals surface area contributed by atoms with Gasteiger partial charge in [-0.25, -0.2) is 0 Å². The van der Waals surface area contributed by atoms with Crippen molar-refractivity contribution in [3.63, 3.8) is 0 Å². The first kappa shape index (κ1) is 13.8. The Kier molecular flexibility index (Phi) is 6.81. The van der Waals surface area contributed by atoms with Crippen molar-refractivity contribution in [1.82, 2.24) is 0 Å². The van der Waals surface area contributed by atoms with E-state index in [0.29, 0.717) is 5.75 Å². The monoisotopic (exact) mass is 256 g/mol. The minimum Gasteiger partial charge on any atom is -0.508 e. The molecular weight excluding hydrogens is 236 g/mol. The zero-order valence-electron chi connectivity index (χ0n) is 9.78. The molecule has 0 aliphatic heterocycles. The molecule has 0 radical (unpaired) electrons. The lowest BCUT2D eigenvalue weighted by molar-refractivity contribution is 0.469. The zero-order valence-corrected chi connectivity index (χ0v) is 11.5. The van der Waals surface area contributed by atoms with Crippen molar-refractivity contribution in [3.8, 4) is 5.75 Å². The first-order valence-electron chi connectivity index (χ1n) is 5.78. The molecule has 0 saturated carbocycles. The number of hydrogen-bond acceptors (Lipinski definition) is 3. The van der Waals surface area contributed by atoms with E-state index in [9.17, 15) is 5.11 Å². The predicted octanol–water partition coefficient (Wildman–Crippen LogP) is 4.28. The number of benzene rings is 1. The molecule has 0 saturated heterocycles. The topological polar surface area (TPSA) is 20.2 Å². The molecule has 1 rings (SSSR count). The van der Waals surface area contributed by atoms with Crippen LogP contribution in [0.4, 0.5) is 0 Å². The van der Waals surface area contributed by atoms with Gasteiger partial charge in [0.25, 0.3) is 0 Å². The highest BCUT2D eigenvalue weighted by Crippen LogP contribution is 2.28. The van der Waals surface area contributed by atoms with Crippen LogP contribution in [0.5, 0.6) is 5.75 Å². The Morgan fingerprint density at radius 3 is 2.69 bits per heavy atom. The summed E-state index contributed by atoms with van der Waals surface area (Å²) in [6, 6.07) is 5.73. The lowest BCUT2D eigenvalue weighted by Crippen LogP contribution is -1.85. The van der Waals surface area contributed by atoms with Crippen LogP contribution in [0.3, 0.4) is 0 Å². The summed E-state index contributed by atoms with van der Waals surface area (Å²) in [7, 11) is 0. The van der Waals surface area contributed by atoms with Gasteiger partial charge in [-0.2, -0.15) is 12.6 Å². The molecule has 0 bridgehead atoms. The van der Waals surface area contributed by atoms with E-state index in [0.717, 1.165) is 17.1 Å². The van der Waals surface area contributed by atoms with Crippen LogP contribution in [0.15, 0.2) is 23.1 Å². The smallest absolute Gasteiger partial charge is 0.119 e. The van der Waals surface area contributed by atoms with E-state index in [-0.39, 0.29) is 0 Å². The van der Waals surface area contributed by atoms with Gasteiger partial charge in [0.05, 0.1) is 0 Å². The molecule has 0 aromatic heterocycles. The van der Waals surface area contributed by atoms with Gasteiger partial charge in [-0.3, -0.25) is 0 Å². The number of thiol groups is 1. The molecular formula is C13H20OS2. The Hall–Kier alpha value is -0.280.